The highest BCUT2D eigenvalue weighted by Gasteiger charge is 2.23. The molecule has 0 unspecified atom stereocenters. The number of carbonyl (C=O) groups excluding carboxylic acids is 1. The van der Waals surface area contributed by atoms with Crippen LogP contribution >= 0.6 is 11.8 Å². The lowest BCUT2D eigenvalue weighted by atomic mass is 9.93. The molecule has 1 amide bonds. The van der Waals surface area contributed by atoms with E-state index in [0.29, 0.717) is 12.5 Å². The fourth-order valence-corrected chi connectivity index (χ4v) is 3.97. The highest BCUT2D eigenvalue weighted by Crippen LogP contribution is 2.31. The third kappa shape index (κ3) is 5.21. The van der Waals surface area contributed by atoms with Crippen LogP contribution in [0, 0.1) is 0 Å². The van der Waals surface area contributed by atoms with Crippen molar-refractivity contribution >= 4 is 17.7 Å². The van der Waals surface area contributed by atoms with Gasteiger partial charge in [0.2, 0.25) is 5.91 Å². The number of nitrogens with zero attached hydrogens (tertiary/aromatic N) is 4. The van der Waals surface area contributed by atoms with E-state index >= 15 is 0 Å². The van der Waals surface area contributed by atoms with Crippen LogP contribution in [0.5, 0.6) is 0 Å². The molecule has 0 spiro atoms. The Hall–Kier alpha value is -1.08. The van der Waals surface area contributed by atoms with E-state index in [2.05, 4.69) is 10.3 Å². The van der Waals surface area contributed by atoms with Crippen LogP contribution < -0.4 is 0 Å². The topological polar surface area (TPSA) is 71.2 Å². The lowest BCUT2D eigenvalue weighted by molar-refractivity contribution is -0.130. The summed E-state index contributed by atoms with van der Waals surface area (Å²) in [6, 6.07) is 0.348. The molecule has 1 N–H and O–H groups in total. The molecule has 0 radical (unpaired) electrons. The predicted octanol–water partition coefficient (Wildman–Crippen LogP) is 2.49. The van der Waals surface area contributed by atoms with Gasteiger partial charge in [-0.25, -0.2) is 4.68 Å². The van der Waals surface area contributed by atoms with Gasteiger partial charge in [0.05, 0.1) is 18.3 Å². The molecule has 1 aliphatic carbocycles. The number of aliphatic hydroxyl groups is 1. The van der Waals surface area contributed by atoms with Crippen LogP contribution in [0.15, 0.2) is 11.2 Å². The lowest BCUT2D eigenvalue weighted by Gasteiger charge is -2.26. The molecule has 1 fully saturated rings. The predicted molar refractivity (Wildman–Crippen MR) is 91.4 cm³/mol. The number of amides is 1. The average Bonchev–Trinajstić information content (AvgIpc) is 3.02. The first-order valence-electron chi connectivity index (χ1n) is 8.64. The van der Waals surface area contributed by atoms with Crippen molar-refractivity contribution in [3.8, 4) is 0 Å². The molecule has 6 nitrogen and oxygen atoms in total. The van der Waals surface area contributed by atoms with Crippen molar-refractivity contribution < 1.29 is 9.90 Å². The first kappa shape index (κ1) is 18.3. The van der Waals surface area contributed by atoms with Crippen molar-refractivity contribution in [1.82, 2.24) is 19.9 Å². The highest BCUT2D eigenvalue weighted by atomic mass is 32.2. The fraction of sp³-hybridized carbons (Fsp3) is 0.812. The van der Waals surface area contributed by atoms with E-state index in [1.807, 2.05) is 29.6 Å². The quantitative estimate of drug-likeness (QED) is 0.581. The first-order valence-corrected chi connectivity index (χ1v) is 9.63. The van der Waals surface area contributed by atoms with Gasteiger partial charge in [-0.05, 0) is 46.0 Å². The summed E-state index contributed by atoms with van der Waals surface area (Å²) in [5.41, 5.74) is 0. The average molecular weight is 340 g/mol. The van der Waals surface area contributed by atoms with Gasteiger partial charge in [-0.2, -0.15) is 0 Å². The monoisotopic (exact) mass is 340 g/mol. The van der Waals surface area contributed by atoms with Crippen LogP contribution in [-0.4, -0.2) is 55.9 Å². The van der Waals surface area contributed by atoms with Crippen LogP contribution in [0.25, 0.3) is 0 Å². The second-order valence-electron chi connectivity index (χ2n) is 6.00. The second kappa shape index (κ2) is 9.27. The van der Waals surface area contributed by atoms with E-state index in [9.17, 15) is 9.90 Å². The molecule has 1 saturated carbocycles. The third-order valence-electron chi connectivity index (χ3n) is 4.46. The van der Waals surface area contributed by atoms with Crippen LogP contribution in [-0.2, 0) is 4.79 Å². The Morgan fingerprint density at radius 1 is 1.35 bits per heavy atom. The number of aromatic nitrogens is 3. The summed E-state index contributed by atoms with van der Waals surface area (Å²) in [4.78, 5) is 13.9. The molecule has 0 aromatic carbocycles. The molecule has 0 bridgehead atoms. The van der Waals surface area contributed by atoms with Crippen LogP contribution in [0.2, 0.25) is 0 Å². The Labute approximate surface area is 142 Å². The molecule has 2 rings (SSSR count). The Balaban J connectivity index is 1.76. The molecule has 0 saturated heterocycles. The van der Waals surface area contributed by atoms with Crippen LogP contribution in [0.4, 0.5) is 0 Å². The minimum absolute atomic E-state index is 0.156. The Morgan fingerprint density at radius 2 is 2.04 bits per heavy atom. The van der Waals surface area contributed by atoms with Crippen molar-refractivity contribution in [2.45, 2.75) is 69.5 Å². The Morgan fingerprint density at radius 3 is 2.70 bits per heavy atom. The zero-order valence-electron chi connectivity index (χ0n) is 14.1. The van der Waals surface area contributed by atoms with E-state index in [1.54, 1.807) is 11.8 Å². The maximum Gasteiger partial charge on any atom is 0.222 e. The minimum Gasteiger partial charge on any atom is -0.393 e. The molecule has 130 valence electrons. The summed E-state index contributed by atoms with van der Waals surface area (Å²) in [6.45, 7) is 5.60. The van der Waals surface area contributed by atoms with Crippen molar-refractivity contribution in [1.29, 1.82) is 0 Å². The van der Waals surface area contributed by atoms with Gasteiger partial charge < -0.3 is 10.0 Å². The molecule has 1 aromatic rings. The van der Waals surface area contributed by atoms with Gasteiger partial charge in [-0.3, -0.25) is 4.79 Å². The zero-order valence-corrected chi connectivity index (χ0v) is 15.0. The van der Waals surface area contributed by atoms with Gasteiger partial charge in [0.1, 0.15) is 5.03 Å². The minimum atomic E-state index is -0.156. The maximum absolute atomic E-state index is 12.0. The Kier molecular flexibility index (Phi) is 7.36. The summed E-state index contributed by atoms with van der Waals surface area (Å²) >= 11 is 1.72. The van der Waals surface area contributed by atoms with Gasteiger partial charge in [0.15, 0.2) is 0 Å². The van der Waals surface area contributed by atoms with Crippen LogP contribution in [0.3, 0.4) is 0 Å². The van der Waals surface area contributed by atoms with Gasteiger partial charge in [-0.15, -0.1) is 16.9 Å². The molecule has 1 aliphatic rings. The molecule has 1 heterocycles. The van der Waals surface area contributed by atoms with E-state index < -0.39 is 0 Å². The van der Waals surface area contributed by atoms with E-state index in [1.165, 1.54) is 0 Å². The number of aliphatic hydroxyl groups excluding tert-OH is 1. The normalized spacial score (nSPS) is 21.3. The van der Waals surface area contributed by atoms with Gasteiger partial charge in [0, 0.05) is 25.3 Å². The maximum atomic E-state index is 12.0. The standard InChI is InChI=1S/C16H28N4O2S/c1-3-19(4-2)15(22)6-5-11-23-16-12-17-18-20(16)13-7-9-14(21)10-8-13/h12-14,21H,3-11H2,1-2H3. The molecule has 7 heteroatoms. The Bertz CT molecular complexity index is 482. The lowest BCUT2D eigenvalue weighted by Crippen LogP contribution is -2.30. The number of hydrogen-bond donors (Lipinski definition) is 1. The molecular formula is C16H28N4O2S. The van der Waals surface area contributed by atoms with Gasteiger partial charge >= 0.3 is 0 Å². The second-order valence-corrected chi connectivity index (χ2v) is 7.11. The van der Waals surface area contributed by atoms with Crippen LogP contribution in [0.1, 0.15) is 58.4 Å². The first-order chi connectivity index (χ1) is 11.2. The van der Waals surface area contributed by atoms with Crippen molar-refractivity contribution in [3.05, 3.63) is 6.20 Å². The zero-order chi connectivity index (χ0) is 16.7. The summed E-state index contributed by atoms with van der Waals surface area (Å²) in [5, 5.41) is 19.0. The fourth-order valence-electron chi connectivity index (χ4n) is 3.03. The van der Waals surface area contributed by atoms with Crippen molar-refractivity contribution in [2.75, 3.05) is 18.8 Å². The molecule has 23 heavy (non-hydrogen) atoms. The van der Waals surface area contributed by atoms with E-state index in [4.69, 9.17) is 0 Å². The summed E-state index contributed by atoms with van der Waals surface area (Å²) in [6.07, 6.45) is 6.72. The van der Waals surface area contributed by atoms with E-state index in [-0.39, 0.29) is 12.0 Å². The number of thioether (sulfide) groups is 1. The molecule has 1 aromatic heterocycles. The van der Waals surface area contributed by atoms with Gasteiger partial charge in [-0.1, -0.05) is 5.21 Å². The highest BCUT2D eigenvalue weighted by molar-refractivity contribution is 7.99. The number of hydrogen-bond acceptors (Lipinski definition) is 5. The third-order valence-corrected chi connectivity index (χ3v) is 5.54. The summed E-state index contributed by atoms with van der Waals surface area (Å²) in [7, 11) is 0. The number of carbonyl (C=O) groups is 1. The van der Waals surface area contributed by atoms with Gasteiger partial charge in [0.25, 0.3) is 0 Å². The largest absolute Gasteiger partial charge is 0.393 e. The summed E-state index contributed by atoms with van der Waals surface area (Å²) < 4.78 is 2.00. The number of rotatable bonds is 8. The summed E-state index contributed by atoms with van der Waals surface area (Å²) in [5.74, 6) is 1.14. The van der Waals surface area contributed by atoms with E-state index in [0.717, 1.165) is 56.0 Å². The SMILES string of the molecule is CCN(CC)C(=O)CCCSc1cnnn1C1CCC(O)CC1. The smallest absolute Gasteiger partial charge is 0.222 e. The molecule has 0 aliphatic heterocycles. The van der Waals surface area contributed by atoms with Crippen molar-refractivity contribution in [2.24, 2.45) is 0 Å². The molecule has 0 atom stereocenters. The molecular weight excluding hydrogens is 312 g/mol. The van der Waals surface area contributed by atoms with Crippen molar-refractivity contribution in [3.63, 3.8) is 0 Å².